The van der Waals surface area contributed by atoms with Gasteiger partial charge in [0.1, 0.15) is 17.3 Å². The summed E-state index contributed by atoms with van der Waals surface area (Å²) in [5.41, 5.74) is 4.51. The number of hydrogen-bond donors (Lipinski definition) is 2. The second kappa shape index (κ2) is 17.4. The third kappa shape index (κ3) is 9.22. The molecule has 0 aliphatic carbocycles. The molecule has 3 aromatic heterocycles. The number of rotatable bonds is 11. The van der Waals surface area contributed by atoms with Crippen molar-refractivity contribution in [3.05, 3.63) is 105 Å². The van der Waals surface area contributed by atoms with Gasteiger partial charge < -0.3 is 24.8 Å². The summed E-state index contributed by atoms with van der Waals surface area (Å²) in [5, 5.41) is 13.5. The van der Waals surface area contributed by atoms with Gasteiger partial charge in [0.05, 0.1) is 35.0 Å². The molecule has 5 heterocycles. The number of carboxylic acids is 1. The Morgan fingerprint density at radius 3 is 2.34 bits per heavy atom. The van der Waals surface area contributed by atoms with Crippen LogP contribution in [0.25, 0.3) is 39.2 Å². The molecule has 0 unspecified atom stereocenters. The van der Waals surface area contributed by atoms with Crippen LogP contribution < -0.4 is 15.6 Å². The molecule has 2 aliphatic heterocycles. The summed E-state index contributed by atoms with van der Waals surface area (Å²) >= 11 is 14.3. The molecule has 2 aromatic carbocycles. The van der Waals surface area contributed by atoms with Crippen LogP contribution in [0.2, 0.25) is 10.0 Å². The number of carbonyl (C=O) groups is 3. The van der Waals surface area contributed by atoms with Crippen LogP contribution in [0.4, 0.5) is 4.79 Å². The number of methoxy groups -OCH3 is 1. The van der Waals surface area contributed by atoms with Gasteiger partial charge in [0, 0.05) is 65.8 Å². The zero-order valence-corrected chi connectivity index (χ0v) is 34.8. The van der Waals surface area contributed by atoms with Gasteiger partial charge in [-0.25, -0.2) is 14.8 Å². The SMILES string of the molecule is COc1nc(-c2cccc(-c3cccc(-c4ccn5c(=O)c(CN6CCCC[C@H]6C(=O)O)cnc5c4)c3Cl)c2Cl)ccc1CN(C[C@@H]1CCC(=O)N1)C(=O)OC(C)(C)C. The zero-order chi connectivity index (χ0) is 42.0. The fourth-order valence-corrected chi connectivity index (χ4v) is 8.36. The number of aromatic nitrogens is 3. The fourth-order valence-electron chi connectivity index (χ4n) is 7.70. The molecule has 2 fully saturated rings. The van der Waals surface area contributed by atoms with Crippen molar-refractivity contribution < 1.29 is 29.0 Å². The number of carbonyl (C=O) groups excluding carboxylic acids is 2. The van der Waals surface area contributed by atoms with E-state index in [-0.39, 0.29) is 37.1 Å². The number of hydrogen-bond acceptors (Lipinski definition) is 9. The largest absolute Gasteiger partial charge is 0.481 e. The maximum absolute atomic E-state index is 13.5. The monoisotopic (exact) mass is 840 g/mol. The lowest BCUT2D eigenvalue weighted by Gasteiger charge is -2.32. The van der Waals surface area contributed by atoms with Gasteiger partial charge in [0.15, 0.2) is 0 Å². The Balaban J connectivity index is 1.15. The summed E-state index contributed by atoms with van der Waals surface area (Å²) in [4.78, 5) is 63.4. The van der Waals surface area contributed by atoms with E-state index in [0.717, 1.165) is 18.4 Å². The van der Waals surface area contributed by atoms with Gasteiger partial charge in [0.25, 0.3) is 5.56 Å². The third-order valence-corrected chi connectivity index (χ3v) is 11.4. The van der Waals surface area contributed by atoms with E-state index >= 15 is 0 Å². The van der Waals surface area contributed by atoms with Gasteiger partial charge in [-0.05, 0) is 76.4 Å². The highest BCUT2D eigenvalue weighted by Crippen LogP contribution is 2.42. The minimum absolute atomic E-state index is 0.0448. The quantitative estimate of drug-likeness (QED) is 0.134. The van der Waals surface area contributed by atoms with Gasteiger partial charge in [-0.3, -0.25) is 23.7 Å². The van der Waals surface area contributed by atoms with Crippen molar-refractivity contribution in [2.24, 2.45) is 0 Å². The Hall–Kier alpha value is -5.50. The first-order valence-corrected chi connectivity index (χ1v) is 20.3. The number of aliphatic carboxylic acids is 1. The summed E-state index contributed by atoms with van der Waals surface area (Å²) in [6.07, 6.45) is 5.98. The van der Waals surface area contributed by atoms with Crippen LogP contribution in [0.15, 0.2) is 77.9 Å². The van der Waals surface area contributed by atoms with Crippen molar-refractivity contribution in [2.45, 2.75) is 83.6 Å². The molecule has 2 saturated heterocycles. The molecule has 0 radical (unpaired) electrons. The topological polar surface area (TPSA) is 156 Å². The average molecular weight is 842 g/mol. The number of piperidine rings is 1. The normalized spacial score (nSPS) is 17.2. The molecule has 2 amide bonds. The number of nitrogens with one attached hydrogen (secondary N) is 1. The van der Waals surface area contributed by atoms with E-state index in [1.54, 1.807) is 44.0 Å². The Kier molecular flexibility index (Phi) is 12.3. The molecule has 59 heavy (non-hydrogen) atoms. The summed E-state index contributed by atoms with van der Waals surface area (Å²) in [6.45, 7) is 6.63. The minimum atomic E-state index is -0.879. The molecule has 15 heteroatoms. The number of amides is 2. The number of ether oxygens (including phenoxy) is 2. The number of halogens is 2. The van der Waals surface area contributed by atoms with E-state index in [1.807, 2.05) is 53.4 Å². The van der Waals surface area contributed by atoms with Crippen molar-refractivity contribution in [1.29, 1.82) is 0 Å². The molecule has 7 rings (SSSR count). The van der Waals surface area contributed by atoms with Crippen molar-refractivity contribution in [1.82, 2.24) is 29.5 Å². The summed E-state index contributed by atoms with van der Waals surface area (Å²) in [7, 11) is 1.51. The first-order valence-electron chi connectivity index (χ1n) is 19.6. The first-order chi connectivity index (χ1) is 28.2. The van der Waals surface area contributed by atoms with E-state index in [0.29, 0.717) is 86.5 Å². The van der Waals surface area contributed by atoms with Gasteiger partial charge in [-0.1, -0.05) is 66.0 Å². The lowest BCUT2D eigenvalue weighted by atomic mass is 9.97. The van der Waals surface area contributed by atoms with Crippen LogP contribution in [0.1, 0.15) is 64.0 Å². The van der Waals surface area contributed by atoms with E-state index in [9.17, 15) is 24.3 Å². The highest BCUT2D eigenvalue weighted by molar-refractivity contribution is 6.39. The molecule has 0 bridgehead atoms. The molecule has 0 saturated carbocycles. The Bertz CT molecular complexity index is 2490. The van der Waals surface area contributed by atoms with Gasteiger partial charge in [-0.2, -0.15) is 0 Å². The van der Waals surface area contributed by atoms with Gasteiger partial charge in [-0.15, -0.1) is 0 Å². The molecular weight excluding hydrogens is 795 g/mol. The highest BCUT2D eigenvalue weighted by Gasteiger charge is 2.31. The molecule has 13 nitrogen and oxygen atoms in total. The smallest absolute Gasteiger partial charge is 0.410 e. The second-order valence-corrected chi connectivity index (χ2v) is 16.7. The average Bonchev–Trinajstić information content (AvgIpc) is 3.62. The van der Waals surface area contributed by atoms with E-state index in [1.165, 1.54) is 17.7 Å². The Morgan fingerprint density at radius 1 is 0.949 bits per heavy atom. The minimum Gasteiger partial charge on any atom is -0.481 e. The number of benzene rings is 2. The number of nitrogens with zero attached hydrogens (tertiary/aromatic N) is 5. The van der Waals surface area contributed by atoms with Crippen molar-refractivity contribution in [3.8, 4) is 39.4 Å². The van der Waals surface area contributed by atoms with Crippen molar-refractivity contribution in [2.75, 3.05) is 20.2 Å². The zero-order valence-electron chi connectivity index (χ0n) is 33.3. The van der Waals surface area contributed by atoms with Crippen LogP contribution in [0, 0.1) is 0 Å². The van der Waals surface area contributed by atoms with Crippen LogP contribution in [0.5, 0.6) is 5.88 Å². The number of pyridine rings is 2. The summed E-state index contributed by atoms with van der Waals surface area (Å²) in [5.74, 6) is -0.618. The highest BCUT2D eigenvalue weighted by atomic mass is 35.5. The standard InChI is InChI=1S/C44H46Cl2N6O7/c1-44(2,3)59-43(57)51(25-29-15-17-37(53)48-29)23-27-14-16-34(49-40(27)58-4)33-12-8-11-32(39(33)46)31-10-7-9-30(38(31)45)26-18-20-52-36(21-26)47-22-28(41(52)54)24-50-19-6-5-13-35(50)42(55)56/h7-12,14,16,18,20-22,29,35H,5-6,13,15,17,19,23-25H2,1-4H3,(H,48,53)(H,55,56)/t29-,35-/m0/s1. The number of fused-ring (bicyclic) bond motifs is 1. The molecule has 308 valence electrons. The molecule has 2 aliphatic rings. The van der Waals surface area contributed by atoms with E-state index in [2.05, 4.69) is 10.3 Å². The third-order valence-electron chi connectivity index (χ3n) is 10.6. The molecule has 2 atom stereocenters. The number of carboxylic acid groups (broad SMARTS) is 1. The van der Waals surface area contributed by atoms with Crippen LogP contribution in [0.3, 0.4) is 0 Å². The van der Waals surface area contributed by atoms with Crippen molar-refractivity contribution in [3.63, 3.8) is 0 Å². The van der Waals surface area contributed by atoms with E-state index in [4.69, 9.17) is 37.7 Å². The predicted octanol–water partition coefficient (Wildman–Crippen LogP) is 7.86. The lowest BCUT2D eigenvalue weighted by Crippen LogP contribution is -2.45. The van der Waals surface area contributed by atoms with Gasteiger partial charge >= 0.3 is 12.1 Å². The maximum atomic E-state index is 13.5. The van der Waals surface area contributed by atoms with Crippen molar-refractivity contribution >= 4 is 46.8 Å². The van der Waals surface area contributed by atoms with Gasteiger partial charge in [0.2, 0.25) is 11.8 Å². The number of likely N-dealkylation sites (tertiary alicyclic amines) is 1. The van der Waals surface area contributed by atoms with Crippen LogP contribution in [-0.4, -0.2) is 85.1 Å². The lowest BCUT2D eigenvalue weighted by molar-refractivity contribution is -0.144. The predicted molar refractivity (Wildman–Crippen MR) is 226 cm³/mol. The summed E-state index contributed by atoms with van der Waals surface area (Å²) in [6, 6.07) is 17.7. The molecular formula is C44H46Cl2N6O7. The second-order valence-electron chi connectivity index (χ2n) is 15.9. The summed E-state index contributed by atoms with van der Waals surface area (Å²) < 4.78 is 12.9. The first kappa shape index (κ1) is 41.7. The maximum Gasteiger partial charge on any atom is 0.410 e. The van der Waals surface area contributed by atoms with Crippen LogP contribution >= 0.6 is 23.2 Å². The van der Waals surface area contributed by atoms with Crippen LogP contribution in [-0.2, 0) is 27.4 Å². The molecule has 2 N–H and O–H groups in total. The molecule has 0 spiro atoms. The molecule has 5 aromatic rings. The fraction of sp³-hybridized carbons (Fsp3) is 0.364. The van der Waals surface area contributed by atoms with E-state index < -0.39 is 23.7 Å². The Morgan fingerprint density at radius 2 is 1.66 bits per heavy atom. The Labute approximate surface area is 351 Å².